The molecule has 0 radical (unpaired) electrons. The number of pyridine rings is 1. The van der Waals surface area contributed by atoms with E-state index in [-0.39, 0.29) is 11.9 Å². The molecular weight excluding hydrogens is 264 g/mol. The standard InChI is InChI=1S/C16H20N4O/c1-11(2)20-16(21)13-5-6-15(14(17)8-13)19-10-12-4-3-7-18-9-12/h3-9,11,19H,10,17H2,1-2H3,(H,20,21). The van der Waals surface area contributed by atoms with Crippen LogP contribution in [0.5, 0.6) is 0 Å². The van der Waals surface area contributed by atoms with Crippen LogP contribution in [0.15, 0.2) is 42.7 Å². The molecule has 0 fully saturated rings. The van der Waals surface area contributed by atoms with E-state index in [1.165, 1.54) is 0 Å². The van der Waals surface area contributed by atoms with Gasteiger partial charge in [0, 0.05) is 30.5 Å². The van der Waals surface area contributed by atoms with Crippen LogP contribution in [0, 0.1) is 0 Å². The molecule has 0 aliphatic rings. The molecule has 110 valence electrons. The number of nitrogens with one attached hydrogen (secondary N) is 2. The van der Waals surface area contributed by atoms with Crippen molar-refractivity contribution >= 4 is 17.3 Å². The number of carbonyl (C=O) groups is 1. The molecular formula is C16H20N4O. The van der Waals surface area contributed by atoms with Gasteiger partial charge in [-0.3, -0.25) is 9.78 Å². The zero-order chi connectivity index (χ0) is 15.2. The summed E-state index contributed by atoms with van der Waals surface area (Å²) in [6, 6.07) is 9.24. The van der Waals surface area contributed by atoms with Crippen LogP contribution < -0.4 is 16.4 Å². The Bertz CT molecular complexity index is 611. The lowest BCUT2D eigenvalue weighted by molar-refractivity contribution is 0.0943. The van der Waals surface area contributed by atoms with E-state index in [0.717, 1.165) is 11.3 Å². The molecule has 0 unspecified atom stereocenters. The van der Waals surface area contributed by atoms with E-state index in [1.54, 1.807) is 24.5 Å². The van der Waals surface area contributed by atoms with E-state index in [1.807, 2.05) is 32.0 Å². The molecule has 5 heteroatoms. The lowest BCUT2D eigenvalue weighted by atomic mass is 10.1. The van der Waals surface area contributed by atoms with Crippen molar-refractivity contribution in [2.24, 2.45) is 0 Å². The highest BCUT2D eigenvalue weighted by Gasteiger charge is 2.09. The first-order valence-electron chi connectivity index (χ1n) is 6.89. The number of benzene rings is 1. The minimum atomic E-state index is -0.115. The SMILES string of the molecule is CC(C)NC(=O)c1ccc(NCc2cccnc2)c(N)c1. The van der Waals surface area contributed by atoms with Gasteiger partial charge in [-0.25, -0.2) is 0 Å². The average Bonchev–Trinajstić information content (AvgIpc) is 2.46. The van der Waals surface area contributed by atoms with Gasteiger partial charge in [-0.15, -0.1) is 0 Å². The number of amides is 1. The van der Waals surface area contributed by atoms with Crippen LogP contribution in [0.25, 0.3) is 0 Å². The Morgan fingerprint density at radius 3 is 2.76 bits per heavy atom. The molecule has 0 spiro atoms. The summed E-state index contributed by atoms with van der Waals surface area (Å²) in [7, 11) is 0. The van der Waals surface area contributed by atoms with Crippen LogP contribution in [-0.4, -0.2) is 16.9 Å². The van der Waals surface area contributed by atoms with Gasteiger partial charge in [0.25, 0.3) is 5.91 Å². The summed E-state index contributed by atoms with van der Waals surface area (Å²) in [6.07, 6.45) is 3.54. The number of nitrogen functional groups attached to an aromatic ring is 1. The first-order valence-corrected chi connectivity index (χ1v) is 6.89. The maximum atomic E-state index is 11.9. The summed E-state index contributed by atoms with van der Waals surface area (Å²) in [4.78, 5) is 16.0. The number of carbonyl (C=O) groups excluding carboxylic acids is 1. The Labute approximate surface area is 124 Å². The van der Waals surface area contributed by atoms with Crippen molar-refractivity contribution in [2.45, 2.75) is 26.4 Å². The smallest absolute Gasteiger partial charge is 0.251 e. The summed E-state index contributed by atoms with van der Waals surface area (Å²) < 4.78 is 0. The minimum Gasteiger partial charge on any atom is -0.397 e. The number of anilines is 2. The molecule has 2 rings (SSSR count). The number of rotatable bonds is 5. The van der Waals surface area contributed by atoms with Gasteiger partial charge in [0.15, 0.2) is 0 Å². The van der Waals surface area contributed by atoms with Crippen molar-refractivity contribution in [3.63, 3.8) is 0 Å². The lowest BCUT2D eigenvalue weighted by Gasteiger charge is -2.12. The fourth-order valence-corrected chi connectivity index (χ4v) is 1.91. The van der Waals surface area contributed by atoms with Crippen molar-refractivity contribution in [2.75, 3.05) is 11.1 Å². The molecule has 0 aliphatic carbocycles. The van der Waals surface area contributed by atoms with Crippen molar-refractivity contribution in [1.29, 1.82) is 0 Å². The topological polar surface area (TPSA) is 80.0 Å². The van der Waals surface area contributed by atoms with E-state index in [2.05, 4.69) is 15.6 Å². The molecule has 1 aromatic heterocycles. The molecule has 0 saturated heterocycles. The van der Waals surface area contributed by atoms with Crippen molar-refractivity contribution in [3.05, 3.63) is 53.9 Å². The Hall–Kier alpha value is -2.56. The number of hydrogen-bond donors (Lipinski definition) is 3. The Morgan fingerprint density at radius 1 is 1.33 bits per heavy atom. The maximum Gasteiger partial charge on any atom is 0.251 e. The van der Waals surface area contributed by atoms with E-state index in [4.69, 9.17) is 5.73 Å². The molecule has 1 aromatic carbocycles. The van der Waals surface area contributed by atoms with Gasteiger partial charge in [0.1, 0.15) is 0 Å². The number of aromatic nitrogens is 1. The highest BCUT2D eigenvalue weighted by molar-refractivity contribution is 5.96. The van der Waals surface area contributed by atoms with Crippen molar-refractivity contribution < 1.29 is 4.79 Å². The van der Waals surface area contributed by atoms with Crippen LogP contribution in [-0.2, 0) is 6.54 Å². The second kappa shape index (κ2) is 6.74. The summed E-state index contributed by atoms with van der Waals surface area (Å²) >= 11 is 0. The Morgan fingerprint density at radius 2 is 2.14 bits per heavy atom. The van der Waals surface area contributed by atoms with Crippen LogP contribution in [0.4, 0.5) is 11.4 Å². The molecule has 0 bridgehead atoms. The average molecular weight is 284 g/mol. The Balaban J connectivity index is 2.04. The fourth-order valence-electron chi connectivity index (χ4n) is 1.91. The van der Waals surface area contributed by atoms with Gasteiger partial charge in [-0.05, 0) is 43.7 Å². The largest absolute Gasteiger partial charge is 0.397 e. The molecule has 5 nitrogen and oxygen atoms in total. The number of nitrogens with two attached hydrogens (primary N) is 1. The van der Waals surface area contributed by atoms with E-state index >= 15 is 0 Å². The summed E-state index contributed by atoms with van der Waals surface area (Å²) in [5, 5.41) is 6.08. The summed E-state index contributed by atoms with van der Waals surface area (Å²) in [6.45, 7) is 4.48. The molecule has 2 aromatic rings. The molecule has 21 heavy (non-hydrogen) atoms. The second-order valence-electron chi connectivity index (χ2n) is 5.15. The van der Waals surface area contributed by atoms with Gasteiger partial charge >= 0.3 is 0 Å². The van der Waals surface area contributed by atoms with Gasteiger partial charge in [0.2, 0.25) is 0 Å². The minimum absolute atomic E-state index is 0.0992. The van der Waals surface area contributed by atoms with E-state index in [0.29, 0.717) is 17.8 Å². The number of nitrogens with zero attached hydrogens (tertiary/aromatic N) is 1. The third-order valence-corrected chi connectivity index (χ3v) is 2.94. The monoisotopic (exact) mass is 284 g/mol. The van der Waals surface area contributed by atoms with Gasteiger partial charge < -0.3 is 16.4 Å². The Kier molecular flexibility index (Phi) is 4.77. The predicted molar refractivity (Wildman–Crippen MR) is 85.0 cm³/mol. The van der Waals surface area contributed by atoms with Crippen molar-refractivity contribution in [1.82, 2.24) is 10.3 Å². The molecule has 0 saturated carbocycles. The molecule has 0 aliphatic heterocycles. The van der Waals surface area contributed by atoms with E-state index in [9.17, 15) is 4.79 Å². The van der Waals surface area contributed by atoms with E-state index < -0.39 is 0 Å². The van der Waals surface area contributed by atoms with Gasteiger partial charge in [-0.1, -0.05) is 6.07 Å². The number of hydrogen-bond acceptors (Lipinski definition) is 4. The quantitative estimate of drug-likeness (QED) is 0.737. The lowest BCUT2D eigenvalue weighted by Crippen LogP contribution is -2.30. The van der Waals surface area contributed by atoms with Crippen LogP contribution >= 0.6 is 0 Å². The van der Waals surface area contributed by atoms with Crippen LogP contribution in [0.1, 0.15) is 29.8 Å². The van der Waals surface area contributed by atoms with Gasteiger partial charge in [0.05, 0.1) is 11.4 Å². The summed E-state index contributed by atoms with van der Waals surface area (Å²) in [5.41, 5.74) is 8.98. The zero-order valence-electron chi connectivity index (χ0n) is 12.3. The highest BCUT2D eigenvalue weighted by Crippen LogP contribution is 2.20. The first kappa shape index (κ1) is 14.8. The fraction of sp³-hybridized carbons (Fsp3) is 0.250. The van der Waals surface area contributed by atoms with Crippen LogP contribution in [0.3, 0.4) is 0 Å². The molecule has 1 heterocycles. The molecule has 1 amide bonds. The molecule has 0 atom stereocenters. The summed E-state index contributed by atoms with van der Waals surface area (Å²) in [5.74, 6) is -0.115. The molecule has 4 N–H and O–H groups in total. The van der Waals surface area contributed by atoms with Crippen LogP contribution in [0.2, 0.25) is 0 Å². The third-order valence-electron chi connectivity index (χ3n) is 2.94. The van der Waals surface area contributed by atoms with Gasteiger partial charge in [-0.2, -0.15) is 0 Å². The predicted octanol–water partition coefficient (Wildman–Crippen LogP) is 2.41. The second-order valence-corrected chi connectivity index (χ2v) is 5.15. The van der Waals surface area contributed by atoms with Crippen molar-refractivity contribution in [3.8, 4) is 0 Å². The highest BCUT2D eigenvalue weighted by atomic mass is 16.1. The first-order chi connectivity index (χ1) is 10.1. The third kappa shape index (κ3) is 4.21. The maximum absolute atomic E-state index is 11.9. The zero-order valence-corrected chi connectivity index (χ0v) is 12.3. The normalized spacial score (nSPS) is 10.4.